The summed E-state index contributed by atoms with van der Waals surface area (Å²) >= 11 is 0. The molecule has 0 saturated carbocycles. The van der Waals surface area contributed by atoms with E-state index in [0.29, 0.717) is 12.1 Å². The third-order valence-electron chi connectivity index (χ3n) is 5.07. The van der Waals surface area contributed by atoms with Crippen LogP contribution in [0, 0.1) is 0 Å². The van der Waals surface area contributed by atoms with Crippen molar-refractivity contribution in [1.29, 1.82) is 0 Å². The zero-order valence-corrected chi connectivity index (χ0v) is 16.5. The standard InChI is InChI=1S/C20H31N5O/c1-14(2)18-12-16(17-13-22-25(15(3)4)19(17)23-18)20(26)21-8-11-24-9-6-5-7-10-24/h12-15H,5-11H2,1-4H3,(H,21,26). The van der Waals surface area contributed by atoms with Crippen molar-refractivity contribution in [2.45, 2.75) is 58.9 Å². The lowest BCUT2D eigenvalue weighted by atomic mass is 10.0. The molecule has 0 aliphatic carbocycles. The van der Waals surface area contributed by atoms with Gasteiger partial charge < -0.3 is 10.2 Å². The number of hydrogen-bond acceptors (Lipinski definition) is 4. The van der Waals surface area contributed by atoms with Crippen LogP contribution in [0.5, 0.6) is 0 Å². The van der Waals surface area contributed by atoms with E-state index in [1.807, 2.05) is 10.7 Å². The van der Waals surface area contributed by atoms with E-state index in [1.54, 1.807) is 6.20 Å². The molecule has 2 aromatic heterocycles. The molecule has 0 bridgehead atoms. The molecule has 1 fully saturated rings. The number of carbonyl (C=O) groups excluding carboxylic acids is 1. The predicted octanol–water partition coefficient (Wildman–Crippen LogP) is 3.35. The lowest BCUT2D eigenvalue weighted by Gasteiger charge is -2.26. The van der Waals surface area contributed by atoms with E-state index < -0.39 is 0 Å². The second-order valence-electron chi connectivity index (χ2n) is 7.83. The molecule has 0 unspecified atom stereocenters. The maximum Gasteiger partial charge on any atom is 0.252 e. The number of amides is 1. The zero-order chi connectivity index (χ0) is 18.7. The Bertz CT molecular complexity index is 759. The SMILES string of the molecule is CC(C)c1cc(C(=O)NCCN2CCCCC2)c2cnn(C(C)C)c2n1. The van der Waals surface area contributed by atoms with Gasteiger partial charge >= 0.3 is 0 Å². The van der Waals surface area contributed by atoms with Crippen molar-refractivity contribution in [3.05, 3.63) is 23.5 Å². The van der Waals surface area contributed by atoms with Crippen molar-refractivity contribution >= 4 is 16.9 Å². The second-order valence-corrected chi connectivity index (χ2v) is 7.83. The minimum Gasteiger partial charge on any atom is -0.351 e. The van der Waals surface area contributed by atoms with Crippen LogP contribution in [0.25, 0.3) is 11.0 Å². The Morgan fingerprint density at radius 2 is 1.92 bits per heavy atom. The molecule has 1 saturated heterocycles. The largest absolute Gasteiger partial charge is 0.351 e. The Balaban J connectivity index is 1.79. The van der Waals surface area contributed by atoms with Crippen molar-refractivity contribution in [2.75, 3.05) is 26.2 Å². The molecular weight excluding hydrogens is 326 g/mol. The van der Waals surface area contributed by atoms with E-state index in [2.05, 4.69) is 43.0 Å². The Hall–Kier alpha value is -1.95. The van der Waals surface area contributed by atoms with E-state index >= 15 is 0 Å². The Labute approximate surface area is 156 Å². The van der Waals surface area contributed by atoms with Gasteiger partial charge in [-0.3, -0.25) is 4.79 Å². The van der Waals surface area contributed by atoms with E-state index in [1.165, 1.54) is 19.3 Å². The van der Waals surface area contributed by atoms with Crippen LogP contribution in [0.3, 0.4) is 0 Å². The lowest BCUT2D eigenvalue weighted by molar-refractivity contribution is 0.0948. The molecule has 1 aliphatic heterocycles. The van der Waals surface area contributed by atoms with Crippen LogP contribution in [0.1, 0.15) is 75.0 Å². The fourth-order valence-corrected chi connectivity index (χ4v) is 3.50. The molecule has 0 spiro atoms. The molecule has 1 N–H and O–H groups in total. The van der Waals surface area contributed by atoms with Crippen LogP contribution in [-0.2, 0) is 0 Å². The van der Waals surface area contributed by atoms with Gasteiger partial charge in [-0.05, 0) is 51.8 Å². The summed E-state index contributed by atoms with van der Waals surface area (Å²) < 4.78 is 1.89. The average Bonchev–Trinajstić information content (AvgIpc) is 3.05. The van der Waals surface area contributed by atoms with Crippen molar-refractivity contribution < 1.29 is 4.79 Å². The Kier molecular flexibility index (Phi) is 5.91. The minimum absolute atomic E-state index is 0.0281. The van der Waals surface area contributed by atoms with Gasteiger partial charge in [0, 0.05) is 24.8 Å². The lowest BCUT2D eigenvalue weighted by Crippen LogP contribution is -2.37. The molecule has 0 radical (unpaired) electrons. The molecule has 1 amide bonds. The molecule has 1 aliphatic rings. The van der Waals surface area contributed by atoms with Crippen LogP contribution < -0.4 is 5.32 Å². The molecule has 3 rings (SSSR count). The number of carbonyl (C=O) groups is 1. The number of nitrogens with zero attached hydrogens (tertiary/aromatic N) is 4. The number of nitrogens with one attached hydrogen (secondary N) is 1. The van der Waals surface area contributed by atoms with E-state index in [-0.39, 0.29) is 17.9 Å². The molecule has 6 nitrogen and oxygen atoms in total. The fourth-order valence-electron chi connectivity index (χ4n) is 3.50. The number of hydrogen-bond donors (Lipinski definition) is 1. The van der Waals surface area contributed by atoms with Crippen molar-refractivity contribution in [1.82, 2.24) is 25.0 Å². The molecular formula is C20H31N5O. The fraction of sp³-hybridized carbons (Fsp3) is 0.650. The second kappa shape index (κ2) is 8.16. The summed E-state index contributed by atoms with van der Waals surface area (Å²) in [7, 11) is 0. The van der Waals surface area contributed by atoms with Gasteiger partial charge in [-0.2, -0.15) is 5.10 Å². The van der Waals surface area contributed by atoms with Gasteiger partial charge in [0.15, 0.2) is 5.65 Å². The summed E-state index contributed by atoms with van der Waals surface area (Å²) in [4.78, 5) is 20.1. The maximum absolute atomic E-state index is 12.9. The first-order chi connectivity index (χ1) is 12.5. The highest BCUT2D eigenvalue weighted by molar-refractivity contribution is 6.05. The summed E-state index contributed by atoms with van der Waals surface area (Å²) in [6.07, 6.45) is 5.64. The molecule has 3 heterocycles. The first-order valence-electron chi connectivity index (χ1n) is 9.86. The molecule has 0 aromatic carbocycles. The van der Waals surface area contributed by atoms with Crippen LogP contribution >= 0.6 is 0 Å². The average molecular weight is 358 g/mol. The van der Waals surface area contributed by atoms with Gasteiger partial charge in [-0.25, -0.2) is 9.67 Å². The third kappa shape index (κ3) is 4.06. The molecule has 2 aromatic rings. The zero-order valence-electron chi connectivity index (χ0n) is 16.5. The summed E-state index contributed by atoms with van der Waals surface area (Å²) in [5, 5.41) is 8.39. The van der Waals surface area contributed by atoms with Gasteiger partial charge in [0.1, 0.15) is 0 Å². The van der Waals surface area contributed by atoms with Crippen molar-refractivity contribution in [2.24, 2.45) is 0 Å². The summed E-state index contributed by atoms with van der Waals surface area (Å²) in [6, 6.07) is 2.13. The molecule has 0 atom stereocenters. The van der Waals surface area contributed by atoms with Crippen LogP contribution in [0.15, 0.2) is 12.3 Å². The van der Waals surface area contributed by atoms with Gasteiger partial charge in [0.05, 0.1) is 17.1 Å². The first-order valence-corrected chi connectivity index (χ1v) is 9.86. The van der Waals surface area contributed by atoms with Crippen molar-refractivity contribution in [3.63, 3.8) is 0 Å². The number of likely N-dealkylation sites (tertiary alicyclic amines) is 1. The summed E-state index contributed by atoms with van der Waals surface area (Å²) in [6.45, 7) is 12.2. The normalized spacial score (nSPS) is 15.9. The highest BCUT2D eigenvalue weighted by Crippen LogP contribution is 2.24. The maximum atomic E-state index is 12.9. The van der Waals surface area contributed by atoms with Gasteiger partial charge in [-0.15, -0.1) is 0 Å². The topological polar surface area (TPSA) is 63.1 Å². The Morgan fingerprint density at radius 3 is 2.58 bits per heavy atom. The predicted molar refractivity (Wildman–Crippen MR) is 105 cm³/mol. The van der Waals surface area contributed by atoms with E-state index in [9.17, 15) is 4.79 Å². The highest BCUT2D eigenvalue weighted by atomic mass is 16.1. The third-order valence-corrected chi connectivity index (χ3v) is 5.07. The number of piperidine rings is 1. The number of pyridine rings is 1. The molecule has 142 valence electrons. The van der Waals surface area contributed by atoms with Gasteiger partial charge in [0.25, 0.3) is 5.91 Å². The highest BCUT2D eigenvalue weighted by Gasteiger charge is 2.19. The number of rotatable bonds is 6. The van der Waals surface area contributed by atoms with E-state index in [0.717, 1.165) is 36.4 Å². The van der Waals surface area contributed by atoms with Crippen LogP contribution in [-0.4, -0.2) is 51.8 Å². The Morgan fingerprint density at radius 1 is 1.19 bits per heavy atom. The first kappa shape index (κ1) is 18.8. The van der Waals surface area contributed by atoms with Crippen molar-refractivity contribution in [3.8, 4) is 0 Å². The number of aromatic nitrogens is 3. The monoisotopic (exact) mass is 357 g/mol. The smallest absolute Gasteiger partial charge is 0.252 e. The number of fused-ring (bicyclic) bond motifs is 1. The van der Waals surface area contributed by atoms with Gasteiger partial charge in [-0.1, -0.05) is 20.3 Å². The summed E-state index contributed by atoms with van der Waals surface area (Å²) in [5.41, 5.74) is 2.41. The molecule has 26 heavy (non-hydrogen) atoms. The summed E-state index contributed by atoms with van der Waals surface area (Å²) in [5.74, 6) is 0.231. The molecule has 6 heteroatoms. The van der Waals surface area contributed by atoms with Crippen LogP contribution in [0.4, 0.5) is 0 Å². The quantitative estimate of drug-likeness (QED) is 0.861. The minimum atomic E-state index is -0.0281. The van der Waals surface area contributed by atoms with E-state index in [4.69, 9.17) is 4.98 Å². The van der Waals surface area contributed by atoms with Crippen LogP contribution in [0.2, 0.25) is 0 Å². The van der Waals surface area contributed by atoms with Gasteiger partial charge in [0.2, 0.25) is 0 Å².